The first-order valence-corrected chi connectivity index (χ1v) is 10.2. The first kappa shape index (κ1) is 19.8. The summed E-state index contributed by atoms with van der Waals surface area (Å²) < 4.78 is 32.5. The van der Waals surface area contributed by atoms with E-state index in [1.165, 1.54) is 7.11 Å². The molecule has 0 radical (unpaired) electrons. The van der Waals surface area contributed by atoms with E-state index in [0.29, 0.717) is 5.88 Å². The minimum Gasteiger partial charge on any atom is -0.481 e. The van der Waals surface area contributed by atoms with Crippen LogP contribution in [-0.2, 0) is 21.4 Å². The van der Waals surface area contributed by atoms with Crippen LogP contribution >= 0.6 is 0 Å². The Morgan fingerprint density at radius 2 is 1.86 bits per heavy atom. The topological polar surface area (TPSA) is 97.4 Å². The van der Waals surface area contributed by atoms with Crippen molar-refractivity contribution in [1.29, 1.82) is 0 Å². The molecule has 2 N–H and O–H groups in total. The maximum absolute atomic E-state index is 12.5. The Morgan fingerprint density at radius 3 is 2.64 bits per heavy atom. The number of hydrogen-bond donors (Lipinski definition) is 2. The molecule has 8 heteroatoms. The highest BCUT2D eigenvalue weighted by Crippen LogP contribution is 2.18. The first-order chi connectivity index (χ1) is 13.5. The second-order valence-electron chi connectivity index (χ2n) is 6.11. The van der Waals surface area contributed by atoms with E-state index >= 15 is 0 Å². The van der Waals surface area contributed by atoms with Gasteiger partial charge in [-0.15, -0.1) is 0 Å². The van der Waals surface area contributed by atoms with E-state index in [9.17, 15) is 13.2 Å². The van der Waals surface area contributed by atoms with Crippen molar-refractivity contribution in [3.8, 4) is 5.88 Å². The maximum atomic E-state index is 12.5. The molecule has 0 fully saturated rings. The number of ether oxygens (including phenoxy) is 1. The third-order valence-electron chi connectivity index (χ3n) is 4.19. The molecule has 1 aromatic heterocycles. The Bertz CT molecular complexity index is 1080. The predicted octanol–water partition coefficient (Wildman–Crippen LogP) is 2.23. The smallest absolute Gasteiger partial charge is 0.240 e. The SMILES string of the molecule is COc1ncccc1CNC(=O)CCNS(=O)(=O)c1ccc2ccccc2c1. The lowest BCUT2D eigenvalue weighted by atomic mass is 10.1. The van der Waals surface area contributed by atoms with Gasteiger partial charge in [-0.05, 0) is 29.0 Å². The highest BCUT2D eigenvalue weighted by atomic mass is 32.2. The Labute approximate surface area is 163 Å². The highest BCUT2D eigenvalue weighted by Gasteiger charge is 2.15. The highest BCUT2D eigenvalue weighted by molar-refractivity contribution is 7.89. The quantitative estimate of drug-likeness (QED) is 0.605. The number of benzene rings is 2. The van der Waals surface area contributed by atoms with E-state index in [1.807, 2.05) is 24.3 Å². The van der Waals surface area contributed by atoms with Crippen LogP contribution in [0.15, 0.2) is 65.7 Å². The van der Waals surface area contributed by atoms with Crippen LogP contribution in [0.4, 0.5) is 0 Å². The monoisotopic (exact) mass is 399 g/mol. The molecule has 0 spiro atoms. The number of rotatable bonds is 8. The van der Waals surface area contributed by atoms with Crippen molar-refractivity contribution in [2.45, 2.75) is 17.9 Å². The second kappa shape index (κ2) is 8.81. The first-order valence-electron chi connectivity index (χ1n) is 8.72. The van der Waals surface area contributed by atoms with Crippen LogP contribution < -0.4 is 14.8 Å². The number of nitrogens with one attached hydrogen (secondary N) is 2. The van der Waals surface area contributed by atoms with Crippen molar-refractivity contribution in [3.05, 3.63) is 66.4 Å². The van der Waals surface area contributed by atoms with Crippen LogP contribution in [0, 0.1) is 0 Å². The molecule has 0 unspecified atom stereocenters. The summed E-state index contributed by atoms with van der Waals surface area (Å²) in [6.07, 6.45) is 1.63. The number of aromatic nitrogens is 1. The molecule has 0 bridgehead atoms. The van der Waals surface area contributed by atoms with Crippen LogP contribution in [0.25, 0.3) is 10.8 Å². The van der Waals surface area contributed by atoms with Gasteiger partial charge in [0.2, 0.25) is 21.8 Å². The van der Waals surface area contributed by atoms with Crippen molar-refractivity contribution in [1.82, 2.24) is 15.0 Å². The molecule has 0 aliphatic rings. The lowest BCUT2D eigenvalue weighted by molar-refractivity contribution is -0.121. The Hall–Kier alpha value is -2.97. The molecule has 0 saturated carbocycles. The minimum absolute atomic E-state index is 0.00513. The summed E-state index contributed by atoms with van der Waals surface area (Å²) in [5, 5.41) is 4.54. The summed E-state index contributed by atoms with van der Waals surface area (Å²) in [7, 11) is -2.18. The molecule has 0 aliphatic heterocycles. The van der Waals surface area contributed by atoms with Gasteiger partial charge in [-0.2, -0.15) is 0 Å². The van der Waals surface area contributed by atoms with Gasteiger partial charge in [0.1, 0.15) is 0 Å². The fourth-order valence-corrected chi connectivity index (χ4v) is 3.81. The number of methoxy groups -OCH3 is 1. The summed E-state index contributed by atoms with van der Waals surface area (Å²) in [5.74, 6) is 0.173. The molecule has 0 atom stereocenters. The fourth-order valence-electron chi connectivity index (χ4n) is 2.74. The second-order valence-corrected chi connectivity index (χ2v) is 7.87. The van der Waals surface area contributed by atoms with Gasteiger partial charge >= 0.3 is 0 Å². The zero-order valence-electron chi connectivity index (χ0n) is 15.4. The molecule has 2 aromatic carbocycles. The van der Waals surface area contributed by atoms with Crippen molar-refractivity contribution in [2.24, 2.45) is 0 Å². The summed E-state index contributed by atoms with van der Waals surface area (Å²) >= 11 is 0. The van der Waals surface area contributed by atoms with Gasteiger partial charge in [-0.1, -0.05) is 36.4 Å². The molecule has 1 heterocycles. The van der Waals surface area contributed by atoms with Crippen molar-refractivity contribution in [2.75, 3.05) is 13.7 Å². The van der Waals surface area contributed by atoms with E-state index in [-0.39, 0.29) is 30.3 Å². The zero-order chi connectivity index (χ0) is 20.0. The number of carbonyl (C=O) groups excluding carboxylic acids is 1. The lowest BCUT2D eigenvalue weighted by Crippen LogP contribution is -2.30. The van der Waals surface area contributed by atoms with E-state index in [1.54, 1.807) is 36.5 Å². The number of hydrogen-bond acceptors (Lipinski definition) is 5. The van der Waals surface area contributed by atoms with Crippen LogP contribution in [-0.4, -0.2) is 33.0 Å². The Morgan fingerprint density at radius 1 is 1.07 bits per heavy atom. The Balaban J connectivity index is 1.53. The summed E-state index contributed by atoms with van der Waals surface area (Å²) in [6.45, 7) is 0.262. The van der Waals surface area contributed by atoms with Crippen LogP contribution in [0.5, 0.6) is 5.88 Å². The molecule has 0 saturated heterocycles. The van der Waals surface area contributed by atoms with E-state index < -0.39 is 10.0 Å². The van der Waals surface area contributed by atoms with Gasteiger partial charge in [0.15, 0.2) is 0 Å². The number of sulfonamides is 1. The number of nitrogens with zero attached hydrogens (tertiary/aromatic N) is 1. The van der Waals surface area contributed by atoms with E-state index in [2.05, 4.69) is 15.0 Å². The van der Waals surface area contributed by atoms with Crippen LogP contribution in [0.3, 0.4) is 0 Å². The van der Waals surface area contributed by atoms with Gasteiger partial charge in [0, 0.05) is 31.3 Å². The molecule has 1 amide bonds. The standard InChI is InChI=1S/C20H21N3O4S/c1-27-20-17(7-4-11-21-20)14-22-19(24)10-12-23-28(25,26)18-9-8-15-5-2-3-6-16(15)13-18/h2-9,11,13,23H,10,12,14H2,1H3,(H,22,24). The maximum Gasteiger partial charge on any atom is 0.240 e. The summed E-state index contributed by atoms with van der Waals surface area (Å²) in [6, 6.07) is 16.0. The fraction of sp³-hybridized carbons (Fsp3) is 0.200. The average molecular weight is 399 g/mol. The number of pyridine rings is 1. The predicted molar refractivity (Wildman–Crippen MR) is 106 cm³/mol. The van der Waals surface area contributed by atoms with Gasteiger partial charge < -0.3 is 10.1 Å². The van der Waals surface area contributed by atoms with Gasteiger partial charge in [0.25, 0.3) is 0 Å². The minimum atomic E-state index is -3.69. The summed E-state index contributed by atoms with van der Waals surface area (Å²) in [5.41, 5.74) is 0.745. The van der Waals surface area contributed by atoms with Crippen LogP contribution in [0.2, 0.25) is 0 Å². The number of fused-ring (bicyclic) bond motifs is 1. The van der Waals surface area contributed by atoms with Gasteiger partial charge in [-0.3, -0.25) is 4.79 Å². The van der Waals surface area contributed by atoms with Crippen molar-refractivity contribution in [3.63, 3.8) is 0 Å². The molecular weight excluding hydrogens is 378 g/mol. The van der Waals surface area contributed by atoms with Crippen molar-refractivity contribution < 1.29 is 17.9 Å². The number of carbonyl (C=O) groups is 1. The molecule has 3 rings (SSSR count). The molecule has 3 aromatic rings. The molecule has 28 heavy (non-hydrogen) atoms. The van der Waals surface area contributed by atoms with Gasteiger partial charge in [-0.25, -0.2) is 18.1 Å². The van der Waals surface area contributed by atoms with E-state index in [4.69, 9.17) is 4.74 Å². The normalized spacial score (nSPS) is 11.3. The molecule has 146 valence electrons. The lowest BCUT2D eigenvalue weighted by Gasteiger charge is -2.10. The zero-order valence-corrected chi connectivity index (χ0v) is 16.2. The number of amides is 1. The molecular formula is C20H21N3O4S. The molecule has 7 nitrogen and oxygen atoms in total. The third kappa shape index (κ3) is 4.85. The average Bonchev–Trinajstić information content (AvgIpc) is 2.72. The molecule has 0 aliphatic carbocycles. The van der Waals surface area contributed by atoms with E-state index in [0.717, 1.165) is 16.3 Å². The van der Waals surface area contributed by atoms with Crippen LogP contribution in [0.1, 0.15) is 12.0 Å². The Kier molecular flexibility index (Phi) is 6.23. The third-order valence-corrected chi connectivity index (χ3v) is 5.65. The van der Waals surface area contributed by atoms with Gasteiger partial charge in [0.05, 0.1) is 12.0 Å². The largest absolute Gasteiger partial charge is 0.481 e. The summed E-state index contributed by atoms with van der Waals surface area (Å²) in [4.78, 5) is 16.2. The van der Waals surface area contributed by atoms with Crippen molar-refractivity contribution >= 4 is 26.7 Å².